The normalized spacial score (nSPS) is 28.0. The highest BCUT2D eigenvalue weighted by molar-refractivity contribution is 5.85. The summed E-state index contributed by atoms with van der Waals surface area (Å²) in [5.74, 6) is 0. The second-order valence-electron chi connectivity index (χ2n) is 10.1. The fraction of sp³-hybridized carbons (Fsp3) is 0.609. The summed E-state index contributed by atoms with van der Waals surface area (Å²) >= 11 is 0. The van der Waals surface area contributed by atoms with E-state index in [1.54, 1.807) is 0 Å². The number of aryl methyl sites for hydroxylation is 3. The SMILES string of the molecule is Cc1[nH]c2c(C)ccc(C)c2c(=O)c1CN1CC2(C)CC1CC(C)(C)C2. The molecule has 1 saturated heterocycles. The van der Waals surface area contributed by atoms with Crippen molar-refractivity contribution in [2.75, 3.05) is 6.54 Å². The first-order chi connectivity index (χ1) is 12.1. The summed E-state index contributed by atoms with van der Waals surface area (Å²) in [6.45, 7) is 15.3. The molecule has 2 fully saturated rings. The number of pyridine rings is 1. The fourth-order valence-corrected chi connectivity index (χ4v) is 6.00. The molecule has 26 heavy (non-hydrogen) atoms. The number of H-pyrrole nitrogens is 1. The van der Waals surface area contributed by atoms with Crippen LogP contribution in [0.15, 0.2) is 16.9 Å². The summed E-state index contributed by atoms with van der Waals surface area (Å²) in [7, 11) is 0. The van der Waals surface area contributed by atoms with Crippen LogP contribution < -0.4 is 5.43 Å². The number of benzene rings is 1. The number of nitrogens with zero attached hydrogens (tertiary/aromatic N) is 1. The maximum absolute atomic E-state index is 13.4. The minimum atomic E-state index is 0.225. The molecule has 1 N–H and O–H groups in total. The third kappa shape index (κ3) is 2.81. The van der Waals surface area contributed by atoms with Crippen molar-refractivity contribution in [1.82, 2.24) is 9.88 Å². The molecule has 1 aromatic heterocycles. The number of rotatable bonds is 2. The summed E-state index contributed by atoms with van der Waals surface area (Å²) < 4.78 is 0. The number of aromatic amines is 1. The Bertz CT molecular complexity index is 939. The van der Waals surface area contributed by atoms with Crippen LogP contribution in [0, 0.1) is 31.6 Å². The Morgan fingerprint density at radius 3 is 2.54 bits per heavy atom. The van der Waals surface area contributed by atoms with Crippen molar-refractivity contribution in [2.45, 2.75) is 73.4 Å². The lowest BCUT2D eigenvalue weighted by molar-refractivity contribution is 0.126. The largest absolute Gasteiger partial charge is 0.358 e. The van der Waals surface area contributed by atoms with Crippen molar-refractivity contribution in [2.24, 2.45) is 10.8 Å². The second kappa shape index (κ2) is 5.69. The van der Waals surface area contributed by atoms with Crippen molar-refractivity contribution in [1.29, 1.82) is 0 Å². The molecule has 0 radical (unpaired) electrons. The molecule has 4 rings (SSSR count). The van der Waals surface area contributed by atoms with E-state index in [2.05, 4.69) is 56.6 Å². The Morgan fingerprint density at radius 2 is 1.81 bits per heavy atom. The number of hydrogen-bond donors (Lipinski definition) is 1. The van der Waals surface area contributed by atoms with Gasteiger partial charge in [-0.15, -0.1) is 0 Å². The molecule has 3 nitrogen and oxygen atoms in total. The Kier molecular flexibility index (Phi) is 3.89. The molecule has 140 valence electrons. The molecular formula is C23H32N2O. The highest BCUT2D eigenvalue weighted by atomic mass is 16.1. The average Bonchev–Trinajstić information content (AvgIpc) is 2.75. The molecule has 1 aliphatic carbocycles. The molecule has 2 heterocycles. The van der Waals surface area contributed by atoms with Crippen LogP contribution >= 0.6 is 0 Å². The van der Waals surface area contributed by atoms with Gasteiger partial charge in [0.25, 0.3) is 0 Å². The number of fused-ring (bicyclic) bond motifs is 3. The van der Waals surface area contributed by atoms with E-state index in [0.717, 1.165) is 46.4 Å². The number of likely N-dealkylation sites (tertiary alicyclic amines) is 1. The lowest BCUT2D eigenvalue weighted by atomic mass is 9.65. The molecule has 2 aliphatic rings. The molecule has 3 heteroatoms. The van der Waals surface area contributed by atoms with Crippen LogP contribution in [0.5, 0.6) is 0 Å². The lowest BCUT2D eigenvalue weighted by Gasteiger charge is -2.40. The van der Waals surface area contributed by atoms with E-state index >= 15 is 0 Å². The molecule has 2 atom stereocenters. The highest BCUT2D eigenvalue weighted by Crippen LogP contribution is 2.52. The first-order valence-corrected chi connectivity index (χ1v) is 9.94. The van der Waals surface area contributed by atoms with Crippen LogP contribution in [-0.4, -0.2) is 22.5 Å². The quantitative estimate of drug-likeness (QED) is 0.838. The minimum absolute atomic E-state index is 0.225. The van der Waals surface area contributed by atoms with Gasteiger partial charge in [-0.2, -0.15) is 0 Å². The predicted octanol–water partition coefficient (Wildman–Crippen LogP) is 4.85. The van der Waals surface area contributed by atoms with E-state index in [0.29, 0.717) is 16.9 Å². The van der Waals surface area contributed by atoms with Crippen LogP contribution in [0.1, 0.15) is 62.4 Å². The molecule has 0 spiro atoms. The lowest BCUT2D eigenvalue weighted by Crippen LogP contribution is -2.35. The van der Waals surface area contributed by atoms with Crippen molar-refractivity contribution < 1.29 is 0 Å². The Labute approximate surface area is 156 Å². The van der Waals surface area contributed by atoms with Gasteiger partial charge in [0.05, 0.1) is 5.52 Å². The molecule has 2 unspecified atom stereocenters. The van der Waals surface area contributed by atoms with E-state index in [1.165, 1.54) is 19.3 Å². The van der Waals surface area contributed by atoms with Gasteiger partial charge in [-0.3, -0.25) is 9.69 Å². The van der Waals surface area contributed by atoms with E-state index in [1.807, 2.05) is 6.92 Å². The monoisotopic (exact) mass is 352 g/mol. The van der Waals surface area contributed by atoms with Gasteiger partial charge in [-0.05, 0) is 62.0 Å². The Hall–Kier alpha value is -1.61. The zero-order valence-electron chi connectivity index (χ0n) is 17.1. The minimum Gasteiger partial charge on any atom is -0.358 e. The standard InChI is InChI=1S/C23H32N2O/c1-14-7-8-15(2)20-19(14)21(26)18(16(3)24-20)11-25-13-23(6)10-17(25)9-22(4,5)12-23/h7-8,17H,9-13H2,1-6H3,(H,24,26). The maximum Gasteiger partial charge on any atom is 0.194 e. The van der Waals surface area contributed by atoms with E-state index in [4.69, 9.17) is 0 Å². The molecule has 2 aromatic rings. The number of aromatic nitrogens is 1. The first-order valence-electron chi connectivity index (χ1n) is 9.94. The molecule has 1 aromatic carbocycles. The smallest absolute Gasteiger partial charge is 0.194 e. The van der Waals surface area contributed by atoms with Gasteiger partial charge in [-0.1, -0.05) is 32.9 Å². The van der Waals surface area contributed by atoms with Gasteiger partial charge < -0.3 is 4.98 Å². The van der Waals surface area contributed by atoms with Crippen molar-refractivity contribution in [3.63, 3.8) is 0 Å². The summed E-state index contributed by atoms with van der Waals surface area (Å²) in [6.07, 6.45) is 3.81. The van der Waals surface area contributed by atoms with E-state index in [-0.39, 0.29) is 5.43 Å². The molecule has 2 bridgehead atoms. The van der Waals surface area contributed by atoms with Crippen LogP contribution in [0.3, 0.4) is 0 Å². The number of nitrogens with one attached hydrogen (secondary N) is 1. The summed E-state index contributed by atoms with van der Waals surface area (Å²) in [5.41, 5.74) is 6.24. The zero-order valence-corrected chi connectivity index (χ0v) is 17.1. The second-order valence-corrected chi connectivity index (χ2v) is 10.1. The van der Waals surface area contributed by atoms with Crippen LogP contribution in [0.4, 0.5) is 0 Å². The van der Waals surface area contributed by atoms with Crippen LogP contribution in [-0.2, 0) is 6.54 Å². The number of hydrogen-bond acceptors (Lipinski definition) is 2. The Morgan fingerprint density at radius 1 is 1.12 bits per heavy atom. The molecular weight excluding hydrogens is 320 g/mol. The fourth-order valence-electron chi connectivity index (χ4n) is 6.00. The first kappa shape index (κ1) is 17.8. The predicted molar refractivity (Wildman–Crippen MR) is 109 cm³/mol. The summed E-state index contributed by atoms with van der Waals surface area (Å²) in [4.78, 5) is 19.5. The maximum atomic E-state index is 13.4. The third-order valence-corrected chi connectivity index (χ3v) is 6.77. The van der Waals surface area contributed by atoms with Crippen LogP contribution in [0.2, 0.25) is 0 Å². The molecule has 1 aliphatic heterocycles. The van der Waals surface area contributed by atoms with Gasteiger partial charge in [0.2, 0.25) is 0 Å². The highest BCUT2D eigenvalue weighted by Gasteiger charge is 2.49. The van der Waals surface area contributed by atoms with Crippen LogP contribution in [0.25, 0.3) is 10.9 Å². The summed E-state index contributed by atoms with van der Waals surface area (Å²) in [5, 5.41) is 0.874. The summed E-state index contributed by atoms with van der Waals surface area (Å²) in [6, 6.07) is 4.77. The average molecular weight is 353 g/mol. The third-order valence-electron chi connectivity index (χ3n) is 6.77. The van der Waals surface area contributed by atoms with Gasteiger partial charge in [0.15, 0.2) is 5.43 Å². The molecule has 1 saturated carbocycles. The topological polar surface area (TPSA) is 36.1 Å². The molecule has 0 amide bonds. The van der Waals surface area contributed by atoms with E-state index in [9.17, 15) is 4.79 Å². The Balaban J connectivity index is 1.75. The van der Waals surface area contributed by atoms with Gasteiger partial charge in [-0.25, -0.2) is 0 Å². The zero-order chi connectivity index (χ0) is 18.9. The van der Waals surface area contributed by atoms with Gasteiger partial charge in [0.1, 0.15) is 0 Å². The van der Waals surface area contributed by atoms with Crippen molar-refractivity contribution >= 4 is 10.9 Å². The van der Waals surface area contributed by atoms with Crippen molar-refractivity contribution in [3.05, 3.63) is 44.7 Å². The van der Waals surface area contributed by atoms with E-state index < -0.39 is 0 Å². The van der Waals surface area contributed by atoms with Gasteiger partial charge >= 0.3 is 0 Å². The van der Waals surface area contributed by atoms with Gasteiger partial charge in [0, 0.05) is 35.8 Å². The van der Waals surface area contributed by atoms with Crippen molar-refractivity contribution in [3.8, 4) is 0 Å².